The lowest BCUT2D eigenvalue weighted by molar-refractivity contribution is -0.481. The first kappa shape index (κ1) is 37.4. The fourth-order valence-electron chi connectivity index (χ4n) is 7.77. The molecule has 0 saturated carbocycles. The summed E-state index contributed by atoms with van der Waals surface area (Å²) in [5, 5.41) is 12.8. The molecule has 0 unspecified atom stereocenters. The molecule has 2 aliphatic heterocycles. The molecule has 2 saturated heterocycles. The van der Waals surface area contributed by atoms with Crippen LogP contribution in [0.25, 0.3) is 0 Å². The van der Waals surface area contributed by atoms with Gasteiger partial charge in [-0.25, -0.2) is 0 Å². The number of nitro groups is 1. The van der Waals surface area contributed by atoms with Crippen molar-refractivity contribution in [3.05, 3.63) is 171 Å². The number of rotatable bonds is 11. The molecule has 0 bridgehead atoms. The van der Waals surface area contributed by atoms with E-state index >= 15 is 4.89 Å². The number of ether oxygens (including phenoxy) is 5. The lowest BCUT2D eigenvalue weighted by Crippen LogP contribution is -2.53. The van der Waals surface area contributed by atoms with Crippen LogP contribution in [0, 0.1) is 10.1 Å². The van der Waals surface area contributed by atoms with Gasteiger partial charge in [0.1, 0.15) is 12.2 Å². The Morgan fingerprint density at radius 1 is 0.648 bits per heavy atom. The third kappa shape index (κ3) is 6.41. The molecule has 54 heavy (non-hydrogen) atoms. The van der Waals surface area contributed by atoms with Gasteiger partial charge in [-0.15, -0.1) is 0 Å². The molecule has 0 N–H and O–H groups in total. The maximum absolute atomic E-state index is 16.8. The van der Waals surface area contributed by atoms with Crippen molar-refractivity contribution in [3.8, 4) is 17.2 Å². The zero-order valence-corrected chi connectivity index (χ0v) is 31.5. The molecule has 2 heterocycles. The minimum atomic E-state index is -4.88. The van der Waals surface area contributed by atoms with Crippen LogP contribution < -0.4 is 19.1 Å². The van der Waals surface area contributed by atoms with E-state index in [4.69, 9.17) is 32.7 Å². The second-order valence-corrected chi connectivity index (χ2v) is 15.7. The van der Waals surface area contributed by atoms with E-state index in [0.717, 1.165) is 0 Å². The van der Waals surface area contributed by atoms with Crippen LogP contribution in [0.4, 0.5) is 0 Å². The summed E-state index contributed by atoms with van der Waals surface area (Å²) in [5.74, 6) is -0.512. The summed E-state index contributed by atoms with van der Waals surface area (Å²) in [6.07, 6.45) is -2.07. The summed E-state index contributed by atoms with van der Waals surface area (Å²) < 4.78 is 45.5. The zero-order valence-electron chi connectivity index (χ0n) is 30.6. The molecule has 280 valence electrons. The first-order chi connectivity index (χ1) is 26.0. The molecule has 2 aliphatic rings. The molecule has 0 aliphatic carbocycles. The minimum Gasteiger partial charge on any atom is -0.631 e. The molecular weight excluding hydrogens is 709 g/mol. The Morgan fingerprint density at radius 3 is 1.30 bits per heavy atom. The highest BCUT2D eigenvalue weighted by Crippen LogP contribution is 2.76. The SMILES string of the molecule is COc1cc([C@H](C[N+](=O)[O-])[P+]2([O-])OC(c3ccccc3)(c3ccccc3)[C@@H]3OC(C)(C)O[C@H]3C(c3ccccc3)(c3ccccc3)O2)cc(OC)c1OC. The maximum Gasteiger partial charge on any atom is 0.255 e. The summed E-state index contributed by atoms with van der Waals surface area (Å²) in [4.78, 5) is 29.1. The molecule has 11 nitrogen and oxygen atoms in total. The zero-order chi connectivity index (χ0) is 38.1. The molecule has 0 radical (unpaired) electrons. The fraction of sp³-hybridized carbons (Fsp3) is 0.286. The van der Waals surface area contributed by atoms with Crippen LogP contribution in [-0.4, -0.2) is 50.8 Å². The molecule has 3 atom stereocenters. The van der Waals surface area contributed by atoms with Gasteiger partial charge in [0.15, 0.2) is 28.5 Å². The second kappa shape index (κ2) is 14.8. The molecule has 5 aromatic carbocycles. The van der Waals surface area contributed by atoms with Crippen LogP contribution in [0.2, 0.25) is 0 Å². The number of nitrogens with zero attached hydrogens (tertiary/aromatic N) is 1. The molecule has 12 heteroatoms. The largest absolute Gasteiger partial charge is 0.631 e. The van der Waals surface area contributed by atoms with Gasteiger partial charge in [0.2, 0.25) is 18.0 Å². The van der Waals surface area contributed by atoms with Gasteiger partial charge in [-0.05, 0) is 48.2 Å². The van der Waals surface area contributed by atoms with E-state index in [2.05, 4.69) is 0 Å². The van der Waals surface area contributed by atoms with E-state index in [-0.39, 0.29) is 22.8 Å². The maximum atomic E-state index is 16.8. The van der Waals surface area contributed by atoms with Gasteiger partial charge >= 0.3 is 0 Å². The highest BCUT2D eigenvalue weighted by molar-refractivity contribution is 7.59. The van der Waals surface area contributed by atoms with Crippen molar-refractivity contribution < 1.29 is 42.5 Å². The molecule has 0 aromatic heterocycles. The molecule has 2 fully saturated rings. The number of hydrogen-bond acceptors (Lipinski definition) is 10. The average Bonchev–Trinajstić information content (AvgIpc) is 3.50. The van der Waals surface area contributed by atoms with Crippen LogP contribution >= 0.6 is 7.94 Å². The first-order valence-corrected chi connectivity index (χ1v) is 19.1. The van der Waals surface area contributed by atoms with E-state index in [0.29, 0.717) is 22.3 Å². The van der Waals surface area contributed by atoms with E-state index in [9.17, 15) is 10.1 Å². The van der Waals surface area contributed by atoms with Crippen LogP contribution in [0.5, 0.6) is 17.2 Å². The lowest BCUT2D eigenvalue weighted by atomic mass is 9.72. The van der Waals surface area contributed by atoms with E-state index < -0.39 is 54.3 Å². The van der Waals surface area contributed by atoms with Crippen LogP contribution in [0.3, 0.4) is 0 Å². The van der Waals surface area contributed by atoms with E-state index in [1.807, 2.05) is 135 Å². The number of methoxy groups -OCH3 is 3. The van der Waals surface area contributed by atoms with Gasteiger partial charge in [-0.1, -0.05) is 121 Å². The summed E-state index contributed by atoms with van der Waals surface area (Å²) in [5.41, 5.74) is -2.41. The van der Waals surface area contributed by atoms with Gasteiger partial charge in [-0.2, -0.15) is 9.05 Å². The third-order valence-corrected chi connectivity index (χ3v) is 12.3. The number of hydrogen-bond donors (Lipinski definition) is 0. The Bertz CT molecular complexity index is 1860. The molecule has 7 rings (SSSR count). The summed E-state index contributed by atoms with van der Waals surface area (Å²) in [6.45, 7) is 2.78. The topological polar surface area (TPSA) is 131 Å². The van der Waals surface area contributed by atoms with Gasteiger partial charge in [0, 0.05) is 10.5 Å². The first-order valence-electron chi connectivity index (χ1n) is 17.5. The van der Waals surface area contributed by atoms with Crippen molar-refractivity contribution >= 4 is 7.94 Å². The average molecular weight is 752 g/mol. The summed E-state index contributed by atoms with van der Waals surface area (Å²) in [6, 6.07) is 40.3. The van der Waals surface area contributed by atoms with Crippen molar-refractivity contribution in [1.82, 2.24) is 0 Å². The third-order valence-electron chi connectivity index (χ3n) is 10.0. The van der Waals surface area contributed by atoms with Crippen molar-refractivity contribution in [1.29, 1.82) is 0 Å². The van der Waals surface area contributed by atoms with E-state index in [1.165, 1.54) is 21.3 Å². The van der Waals surface area contributed by atoms with Crippen molar-refractivity contribution in [3.63, 3.8) is 0 Å². The Kier molecular flexibility index (Phi) is 10.2. The monoisotopic (exact) mass is 751 g/mol. The smallest absolute Gasteiger partial charge is 0.255 e. The quantitative estimate of drug-likeness (QED) is 0.0755. The van der Waals surface area contributed by atoms with Crippen LogP contribution in [0.1, 0.15) is 47.3 Å². The minimum absolute atomic E-state index is 0.210. The molecule has 0 amide bonds. The van der Waals surface area contributed by atoms with E-state index in [1.54, 1.807) is 12.1 Å². The number of benzene rings is 5. The summed E-state index contributed by atoms with van der Waals surface area (Å²) >= 11 is 0. The van der Waals surface area contributed by atoms with Gasteiger partial charge in [-0.3, -0.25) is 10.1 Å². The normalized spacial score (nSPS) is 21.2. The Balaban J connectivity index is 1.64. The Morgan fingerprint density at radius 2 is 1.00 bits per heavy atom. The van der Waals surface area contributed by atoms with Crippen LogP contribution in [-0.2, 0) is 29.7 Å². The standard InChI is InChI=1S/C42H42NO10P/c1-40(2)50-38-39(51-40)42(32-22-14-8-15-23-32,33-24-16-9-17-25-33)53-54(46,52-41(38,30-18-10-6-11-19-30)31-20-12-7-13-21-31)36(28-43(44)45)29-26-34(47-3)37(49-5)35(27-29)48-4/h6-27,36,38-39H,28H2,1-5H3/t36-,38+,39+/m0/s1. The highest BCUT2D eigenvalue weighted by atomic mass is 31.2. The number of fused-ring (bicyclic) bond motifs is 1. The molecular formula is C42H42NO10P. The summed E-state index contributed by atoms with van der Waals surface area (Å²) in [7, 11) is -0.550. The van der Waals surface area contributed by atoms with Crippen molar-refractivity contribution in [2.75, 3.05) is 27.9 Å². The molecule has 5 aromatic rings. The van der Waals surface area contributed by atoms with Crippen LogP contribution in [0.15, 0.2) is 133 Å². The Labute approximate surface area is 315 Å². The van der Waals surface area contributed by atoms with Gasteiger partial charge < -0.3 is 28.6 Å². The predicted octanol–water partition coefficient (Wildman–Crippen LogP) is 7.61. The van der Waals surface area contributed by atoms with Crippen molar-refractivity contribution in [2.45, 2.75) is 48.7 Å². The lowest BCUT2D eigenvalue weighted by Gasteiger charge is -2.43. The van der Waals surface area contributed by atoms with Gasteiger partial charge in [0.05, 0.1) is 21.3 Å². The molecule has 0 spiro atoms. The van der Waals surface area contributed by atoms with Gasteiger partial charge in [0.25, 0.3) is 7.94 Å². The van der Waals surface area contributed by atoms with Crippen molar-refractivity contribution in [2.24, 2.45) is 0 Å². The highest BCUT2D eigenvalue weighted by Gasteiger charge is 2.73. The second-order valence-electron chi connectivity index (χ2n) is 13.6. The predicted molar refractivity (Wildman–Crippen MR) is 201 cm³/mol. The fourth-order valence-corrected chi connectivity index (χ4v) is 10.3. The Hall–Kier alpha value is -4.87.